The van der Waals surface area contributed by atoms with E-state index in [2.05, 4.69) is 20.8 Å². The number of hydrogen-bond acceptors (Lipinski definition) is 2. The van der Waals surface area contributed by atoms with E-state index in [1.807, 2.05) is 30.3 Å². The van der Waals surface area contributed by atoms with Crippen molar-refractivity contribution in [3.8, 4) is 11.5 Å². The zero-order valence-electron chi connectivity index (χ0n) is 11.4. The lowest BCUT2D eigenvalue weighted by Gasteiger charge is -2.19. The second-order valence-corrected chi connectivity index (χ2v) is 5.87. The molecule has 0 saturated heterocycles. The fourth-order valence-electron chi connectivity index (χ4n) is 2.25. The highest BCUT2D eigenvalue weighted by molar-refractivity contribution is 5.93. The molecule has 0 unspecified atom stereocenters. The molecule has 0 aliphatic carbocycles. The van der Waals surface area contributed by atoms with Gasteiger partial charge in [-0.25, -0.2) is 0 Å². The average Bonchev–Trinajstić information content (AvgIpc) is 2.30. The van der Waals surface area contributed by atoms with Crippen LogP contribution in [0.2, 0.25) is 0 Å². The summed E-state index contributed by atoms with van der Waals surface area (Å²) in [5.74, 6) is 1.17. The predicted molar refractivity (Wildman–Crippen MR) is 75.3 cm³/mol. The molecule has 2 aromatic rings. The van der Waals surface area contributed by atoms with Gasteiger partial charge in [-0.05, 0) is 23.5 Å². The van der Waals surface area contributed by atoms with Gasteiger partial charge in [0.05, 0.1) is 7.11 Å². The molecule has 2 nitrogen and oxygen atoms in total. The van der Waals surface area contributed by atoms with Crippen LogP contribution in [0, 0.1) is 5.41 Å². The van der Waals surface area contributed by atoms with E-state index in [1.54, 1.807) is 7.11 Å². The second kappa shape index (κ2) is 4.52. The summed E-state index contributed by atoms with van der Waals surface area (Å²) in [6.07, 6.45) is 0.853. The molecular formula is C16H20O2. The Morgan fingerprint density at radius 1 is 1.06 bits per heavy atom. The molecular weight excluding hydrogens is 224 g/mol. The normalized spacial score (nSPS) is 11.8. The Bertz CT molecular complexity index is 565. The number of aromatic hydroxyl groups is 1. The highest BCUT2D eigenvalue weighted by Gasteiger charge is 2.16. The predicted octanol–water partition coefficient (Wildman–Crippen LogP) is 4.14. The van der Waals surface area contributed by atoms with Gasteiger partial charge in [-0.2, -0.15) is 0 Å². The van der Waals surface area contributed by atoms with Crippen LogP contribution < -0.4 is 4.74 Å². The fourth-order valence-corrected chi connectivity index (χ4v) is 2.25. The summed E-state index contributed by atoms with van der Waals surface area (Å²) >= 11 is 0. The Balaban J connectivity index is 2.58. The van der Waals surface area contributed by atoms with Crippen LogP contribution in [0.25, 0.3) is 10.8 Å². The molecule has 0 aromatic heterocycles. The van der Waals surface area contributed by atoms with Crippen molar-refractivity contribution in [1.82, 2.24) is 0 Å². The Morgan fingerprint density at radius 2 is 1.78 bits per heavy atom. The first-order chi connectivity index (χ1) is 8.42. The maximum absolute atomic E-state index is 10.4. The van der Waals surface area contributed by atoms with E-state index in [4.69, 9.17) is 4.74 Å². The van der Waals surface area contributed by atoms with E-state index in [-0.39, 0.29) is 5.41 Å². The molecule has 0 heterocycles. The smallest absolute Gasteiger partial charge is 0.126 e. The Kier molecular flexibility index (Phi) is 3.20. The molecule has 0 fully saturated rings. The molecule has 0 aliphatic rings. The van der Waals surface area contributed by atoms with Crippen LogP contribution in [-0.4, -0.2) is 12.2 Å². The number of ether oxygens (including phenoxy) is 1. The summed E-state index contributed by atoms with van der Waals surface area (Å²) in [6.45, 7) is 6.51. The van der Waals surface area contributed by atoms with Crippen LogP contribution >= 0.6 is 0 Å². The molecule has 0 amide bonds. The van der Waals surface area contributed by atoms with Gasteiger partial charge in [0.2, 0.25) is 0 Å². The molecule has 2 rings (SSSR count). The summed E-state index contributed by atoms with van der Waals surface area (Å²) < 4.78 is 5.31. The molecule has 1 N–H and O–H groups in total. The first kappa shape index (κ1) is 12.7. The number of benzene rings is 2. The SMILES string of the molecule is COc1cccc2c(O)c(CC(C)(C)C)ccc12. The molecule has 0 atom stereocenters. The summed E-state index contributed by atoms with van der Waals surface area (Å²) in [6, 6.07) is 9.76. The van der Waals surface area contributed by atoms with Crippen molar-refractivity contribution in [1.29, 1.82) is 0 Å². The van der Waals surface area contributed by atoms with Crippen LogP contribution in [0.5, 0.6) is 11.5 Å². The number of fused-ring (bicyclic) bond motifs is 1. The summed E-state index contributed by atoms with van der Waals surface area (Å²) in [4.78, 5) is 0. The van der Waals surface area contributed by atoms with Gasteiger partial charge in [0.25, 0.3) is 0 Å². The third-order valence-electron chi connectivity index (χ3n) is 3.02. The van der Waals surface area contributed by atoms with Crippen LogP contribution in [0.15, 0.2) is 30.3 Å². The minimum atomic E-state index is 0.157. The molecule has 2 aromatic carbocycles. The van der Waals surface area contributed by atoms with E-state index in [0.29, 0.717) is 5.75 Å². The van der Waals surface area contributed by atoms with Gasteiger partial charge in [-0.3, -0.25) is 0 Å². The van der Waals surface area contributed by atoms with Gasteiger partial charge >= 0.3 is 0 Å². The van der Waals surface area contributed by atoms with Crippen LogP contribution in [0.1, 0.15) is 26.3 Å². The summed E-state index contributed by atoms with van der Waals surface area (Å²) in [5, 5.41) is 12.2. The standard InChI is InChI=1S/C16H20O2/c1-16(2,3)10-11-8-9-12-13(15(11)17)6-5-7-14(12)18-4/h5-9,17H,10H2,1-4H3. The van der Waals surface area contributed by atoms with Crippen LogP contribution in [0.3, 0.4) is 0 Å². The number of hydrogen-bond donors (Lipinski definition) is 1. The monoisotopic (exact) mass is 244 g/mol. The highest BCUT2D eigenvalue weighted by atomic mass is 16.5. The molecule has 2 heteroatoms. The highest BCUT2D eigenvalue weighted by Crippen LogP contribution is 2.36. The number of rotatable bonds is 2. The molecule has 0 aliphatic heterocycles. The van der Waals surface area contributed by atoms with Crippen molar-refractivity contribution in [3.05, 3.63) is 35.9 Å². The van der Waals surface area contributed by atoms with Crippen molar-refractivity contribution in [2.24, 2.45) is 5.41 Å². The second-order valence-electron chi connectivity index (χ2n) is 5.87. The molecule has 0 bridgehead atoms. The number of phenolic OH excluding ortho intramolecular Hbond substituents is 1. The minimum Gasteiger partial charge on any atom is -0.507 e. The lowest BCUT2D eigenvalue weighted by molar-refractivity contribution is 0.396. The van der Waals surface area contributed by atoms with Gasteiger partial charge in [0.1, 0.15) is 11.5 Å². The van der Waals surface area contributed by atoms with Gasteiger partial charge < -0.3 is 9.84 Å². The lowest BCUT2D eigenvalue weighted by atomic mass is 9.87. The molecule has 0 radical (unpaired) electrons. The third-order valence-corrected chi connectivity index (χ3v) is 3.02. The van der Waals surface area contributed by atoms with Crippen LogP contribution in [0.4, 0.5) is 0 Å². The number of phenols is 1. The van der Waals surface area contributed by atoms with E-state index in [1.165, 1.54) is 0 Å². The third kappa shape index (κ3) is 2.42. The van der Waals surface area contributed by atoms with Gasteiger partial charge in [0, 0.05) is 10.8 Å². The Labute approximate surface area is 108 Å². The van der Waals surface area contributed by atoms with Gasteiger partial charge in [-0.1, -0.05) is 45.0 Å². The van der Waals surface area contributed by atoms with E-state index >= 15 is 0 Å². The maximum atomic E-state index is 10.4. The van der Waals surface area contributed by atoms with E-state index < -0.39 is 0 Å². The van der Waals surface area contributed by atoms with Crippen LogP contribution in [-0.2, 0) is 6.42 Å². The average molecular weight is 244 g/mol. The quantitative estimate of drug-likeness (QED) is 0.860. The molecule has 0 spiro atoms. The van der Waals surface area contributed by atoms with Gasteiger partial charge in [-0.15, -0.1) is 0 Å². The van der Waals surface area contributed by atoms with Crippen molar-refractivity contribution in [2.45, 2.75) is 27.2 Å². The Morgan fingerprint density at radius 3 is 2.39 bits per heavy atom. The largest absolute Gasteiger partial charge is 0.507 e. The van der Waals surface area contributed by atoms with E-state index in [0.717, 1.165) is 28.5 Å². The first-order valence-electron chi connectivity index (χ1n) is 6.20. The summed E-state index contributed by atoms with van der Waals surface area (Å²) in [7, 11) is 1.65. The minimum absolute atomic E-state index is 0.157. The molecule has 96 valence electrons. The summed E-state index contributed by atoms with van der Waals surface area (Å²) in [5.41, 5.74) is 1.15. The zero-order chi connectivity index (χ0) is 13.3. The Hall–Kier alpha value is -1.70. The van der Waals surface area contributed by atoms with Crippen molar-refractivity contribution in [2.75, 3.05) is 7.11 Å². The molecule has 18 heavy (non-hydrogen) atoms. The maximum Gasteiger partial charge on any atom is 0.126 e. The number of methoxy groups -OCH3 is 1. The van der Waals surface area contributed by atoms with Crippen molar-refractivity contribution >= 4 is 10.8 Å². The van der Waals surface area contributed by atoms with Gasteiger partial charge in [0.15, 0.2) is 0 Å². The van der Waals surface area contributed by atoms with E-state index in [9.17, 15) is 5.11 Å². The first-order valence-corrected chi connectivity index (χ1v) is 6.20. The zero-order valence-corrected chi connectivity index (χ0v) is 11.4. The fraction of sp³-hybridized carbons (Fsp3) is 0.375. The topological polar surface area (TPSA) is 29.5 Å². The van der Waals surface area contributed by atoms with Crippen molar-refractivity contribution in [3.63, 3.8) is 0 Å². The lowest BCUT2D eigenvalue weighted by Crippen LogP contribution is -2.09. The molecule has 0 saturated carbocycles. The van der Waals surface area contributed by atoms with Crippen molar-refractivity contribution < 1.29 is 9.84 Å².